The molecule has 0 aliphatic carbocycles. The SMILES string of the molecule is CC1(C)OC(=O)C(=Cc2ccc(OC(=O)c3ccccc3)cc2)C(=O)O1. The third-order valence-corrected chi connectivity index (χ3v) is 3.53. The fourth-order valence-corrected chi connectivity index (χ4v) is 2.32. The van der Waals surface area contributed by atoms with E-state index in [1.165, 1.54) is 19.9 Å². The van der Waals surface area contributed by atoms with Crippen LogP contribution >= 0.6 is 0 Å². The number of cyclic esters (lactones) is 2. The predicted molar refractivity (Wildman–Crippen MR) is 92.1 cm³/mol. The monoisotopic (exact) mass is 352 g/mol. The molecule has 3 rings (SSSR count). The second-order valence-corrected chi connectivity index (χ2v) is 6.06. The first-order chi connectivity index (χ1) is 12.3. The number of esters is 3. The highest BCUT2D eigenvalue weighted by Crippen LogP contribution is 2.24. The molecule has 1 aliphatic heterocycles. The fourth-order valence-electron chi connectivity index (χ4n) is 2.32. The van der Waals surface area contributed by atoms with E-state index in [2.05, 4.69) is 0 Å². The zero-order valence-electron chi connectivity index (χ0n) is 14.2. The summed E-state index contributed by atoms with van der Waals surface area (Å²) in [5.74, 6) is -2.90. The number of carbonyl (C=O) groups is 3. The van der Waals surface area contributed by atoms with Crippen molar-refractivity contribution in [3.05, 3.63) is 71.3 Å². The highest BCUT2D eigenvalue weighted by Gasteiger charge is 2.38. The normalized spacial score (nSPS) is 15.7. The van der Waals surface area contributed by atoms with Crippen molar-refractivity contribution in [2.24, 2.45) is 0 Å². The molecule has 26 heavy (non-hydrogen) atoms. The summed E-state index contributed by atoms with van der Waals surface area (Å²) in [5.41, 5.74) is 0.806. The molecule has 0 atom stereocenters. The number of carbonyl (C=O) groups excluding carboxylic acids is 3. The van der Waals surface area contributed by atoms with Gasteiger partial charge in [0.25, 0.3) is 5.79 Å². The summed E-state index contributed by atoms with van der Waals surface area (Å²) in [6.45, 7) is 2.96. The van der Waals surface area contributed by atoms with Gasteiger partial charge in [0.2, 0.25) is 0 Å². The second-order valence-electron chi connectivity index (χ2n) is 6.06. The molecule has 0 N–H and O–H groups in total. The Hall–Kier alpha value is -3.41. The number of hydrogen-bond donors (Lipinski definition) is 0. The van der Waals surface area contributed by atoms with E-state index in [9.17, 15) is 14.4 Å². The Morgan fingerprint density at radius 1 is 0.923 bits per heavy atom. The summed E-state index contributed by atoms with van der Waals surface area (Å²) in [5, 5.41) is 0. The van der Waals surface area contributed by atoms with E-state index in [4.69, 9.17) is 14.2 Å². The zero-order chi connectivity index (χ0) is 18.7. The van der Waals surface area contributed by atoms with Crippen LogP contribution in [-0.2, 0) is 19.1 Å². The average Bonchev–Trinajstić information content (AvgIpc) is 2.59. The van der Waals surface area contributed by atoms with Crippen molar-refractivity contribution in [3.8, 4) is 5.75 Å². The highest BCUT2D eigenvalue weighted by molar-refractivity contribution is 6.18. The van der Waals surface area contributed by atoms with Crippen LogP contribution in [0.15, 0.2) is 60.2 Å². The molecule has 0 bridgehead atoms. The van der Waals surface area contributed by atoms with Crippen molar-refractivity contribution in [2.75, 3.05) is 0 Å². The molecule has 0 aromatic heterocycles. The van der Waals surface area contributed by atoms with Gasteiger partial charge < -0.3 is 14.2 Å². The van der Waals surface area contributed by atoms with Crippen LogP contribution in [0.4, 0.5) is 0 Å². The maximum atomic E-state index is 12.0. The second kappa shape index (κ2) is 6.84. The van der Waals surface area contributed by atoms with Gasteiger partial charge in [-0.15, -0.1) is 0 Å². The van der Waals surface area contributed by atoms with Crippen LogP contribution in [0.3, 0.4) is 0 Å². The van der Waals surface area contributed by atoms with Crippen LogP contribution in [0.1, 0.15) is 29.8 Å². The molecule has 0 saturated carbocycles. The largest absolute Gasteiger partial charge is 0.423 e. The van der Waals surface area contributed by atoms with E-state index in [1.807, 2.05) is 6.07 Å². The van der Waals surface area contributed by atoms with Crippen LogP contribution in [-0.4, -0.2) is 23.7 Å². The van der Waals surface area contributed by atoms with Crippen molar-refractivity contribution >= 4 is 24.0 Å². The molecule has 1 aliphatic rings. The number of benzene rings is 2. The first kappa shape index (κ1) is 17.4. The molecular weight excluding hydrogens is 336 g/mol. The lowest BCUT2D eigenvalue weighted by atomic mass is 10.1. The average molecular weight is 352 g/mol. The lowest BCUT2D eigenvalue weighted by molar-refractivity contribution is -0.222. The van der Waals surface area contributed by atoms with Gasteiger partial charge in [0.15, 0.2) is 0 Å². The van der Waals surface area contributed by atoms with Gasteiger partial charge in [-0.25, -0.2) is 14.4 Å². The maximum absolute atomic E-state index is 12.0. The van der Waals surface area contributed by atoms with Crippen molar-refractivity contribution in [1.82, 2.24) is 0 Å². The molecule has 2 aromatic rings. The summed E-state index contributed by atoms with van der Waals surface area (Å²) in [6, 6.07) is 15.0. The summed E-state index contributed by atoms with van der Waals surface area (Å²) < 4.78 is 15.3. The first-order valence-electron chi connectivity index (χ1n) is 7.90. The van der Waals surface area contributed by atoms with Crippen LogP contribution < -0.4 is 4.74 Å². The molecule has 0 spiro atoms. The van der Waals surface area contributed by atoms with E-state index in [-0.39, 0.29) is 5.57 Å². The van der Waals surface area contributed by atoms with Gasteiger partial charge in [0.05, 0.1) is 5.56 Å². The van der Waals surface area contributed by atoms with E-state index in [0.29, 0.717) is 16.9 Å². The maximum Gasteiger partial charge on any atom is 0.348 e. The van der Waals surface area contributed by atoms with E-state index < -0.39 is 23.7 Å². The summed E-state index contributed by atoms with van der Waals surface area (Å²) >= 11 is 0. The summed E-state index contributed by atoms with van der Waals surface area (Å²) in [4.78, 5) is 35.9. The molecule has 132 valence electrons. The molecule has 2 aromatic carbocycles. The summed E-state index contributed by atoms with van der Waals surface area (Å²) in [6.07, 6.45) is 1.36. The Balaban J connectivity index is 1.73. The van der Waals surface area contributed by atoms with Crippen LogP contribution in [0.5, 0.6) is 5.75 Å². The van der Waals surface area contributed by atoms with Crippen LogP contribution in [0.2, 0.25) is 0 Å². The van der Waals surface area contributed by atoms with Gasteiger partial charge in [0.1, 0.15) is 11.3 Å². The van der Waals surface area contributed by atoms with Gasteiger partial charge >= 0.3 is 17.9 Å². The zero-order valence-corrected chi connectivity index (χ0v) is 14.2. The Labute approximate surface area is 150 Å². The van der Waals surface area contributed by atoms with Crippen molar-refractivity contribution in [1.29, 1.82) is 0 Å². The number of rotatable bonds is 3. The molecular formula is C20H16O6. The Morgan fingerprint density at radius 3 is 2.08 bits per heavy atom. The molecule has 1 heterocycles. The molecule has 6 nitrogen and oxygen atoms in total. The Kier molecular flexibility index (Phi) is 4.58. The smallest absolute Gasteiger partial charge is 0.348 e. The van der Waals surface area contributed by atoms with E-state index in [0.717, 1.165) is 0 Å². The van der Waals surface area contributed by atoms with Gasteiger partial charge in [-0.1, -0.05) is 30.3 Å². The number of hydrogen-bond acceptors (Lipinski definition) is 6. The molecule has 0 unspecified atom stereocenters. The van der Waals surface area contributed by atoms with Crippen LogP contribution in [0, 0.1) is 0 Å². The van der Waals surface area contributed by atoms with Gasteiger partial charge in [-0.2, -0.15) is 0 Å². The fraction of sp³-hybridized carbons (Fsp3) is 0.150. The summed E-state index contributed by atoms with van der Waals surface area (Å²) in [7, 11) is 0. The standard InChI is InChI=1S/C20H16O6/c1-20(2)25-18(22)16(19(23)26-20)12-13-8-10-15(11-9-13)24-17(21)14-6-4-3-5-7-14/h3-12H,1-2H3. The van der Waals surface area contributed by atoms with E-state index >= 15 is 0 Å². The molecule has 1 fully saturated rings. The van der Waals surface area contributed by atoms with Gasteiger partial charge in [0, 0.05) is 13.8 Å². The Bertz CT molecular complexity index is 856. The lowest BCUT2D eigenvalue weighted by Crippen LogP contribution is -2.41. The highest BCUT2D eigenvalue weighted by atomic mass is 16.7. The van der Waals surface area contributed by atoms with Crippen molar-refractivity contribution < 1.29 is 28.6 Å². The topological polar surface area (TPSA) is 78.9 Å². The number of ether oxygens (including phenoxy) is 3. The van der Waals surface area contributed by atoms with E-state index in [1.54, 1.807) is 48.5 Å². The predicted octanol–water partition coefficient (Wildman–Crippen LogP) is 3.13. The Morgan fingerprint density at radius 2 is 1.50 bits per heavy atom. The minimum atomic E-state index is -1.28. The van der Waals surface area contributed by atoms with Gasteiger partial charge in [-0.3, -0.25) is 0 Å². The first-order valence-corrected chi connectivity index (χ1v) is 7.90. The third kappa shape index (κ3) is 3.97. The minimum Gasteiger partial charge on any atom is -0.423 e. The van der Waals surface area contributed by atoms with Crippen molar-refractivity contribution in [2.45, 2.75) is 19.6 Å². The van der Waals surface area contributed by atoms with Crippen molar-refractivity contribution in [3.63, 3.8) is 0 Å². The molecule has 0 amide bonds. The van der Waals surface area contributed by atoms with Gasteiger partial charge in [-0.05, 0) is 35.9 Å². The quantitative estimate of drug-likeness (QED) is 0.365. The van der Waals surface area contributed by atoms with Crippen LogP contribution in [0.25, 0.3) is 6.08 Å². The molecule has 6 heteroatoms. The molecule has 0 radical (unpaired) electrons. The molecule has 1 saturated heterocycles. The lowest BCUT2D eigenvalue weighted by Gasteiger charge is -2.29. The third-order valence-electron chi connectivity index (χ3n) is 3.53. The minimum absolute atomic E-state index is 0.196.